The molecule has 12 heavy (non-hydrogen) atoms. The predicted octanol–water partition coefficient (Wildman–Crippen LogP) is 2.32. The maximum atomic E-state index is 10.7. The van der Waals surface area contributed by atoms with Crippen molar-refractivity contribution in [3.8, 4) is 0 Å². The van der Waals surface area contributed by atoms with Crippen LogP contribution in [0.15, 0.2) is 17.3 Å². The van der Waals surface area contributed by atoms with Crippen LogP contribution in [0.5, 0.6) is 0 Å². The number of hydrogen-bond acceptors (Lipinski definition) is 3. The van der Waals surface area contributed by atoms with E-state index in [4.69, 9.17) is 33.9 Å². The summed E-state index contributed by atoms with van der Waals surface area (Å²) in [5.41, 5.74) is 0. The molecular formula is C5H2Cl3NO2S. The van der Waals surface area contributed by atoms with Crippen molar-refractivity contribution >= 4 is 42.9 Å². The van der Waals surface area contributed by atoms with Crippen LogP contribution >= 0.6 is 33.9 Å². The highest BCUT2D eigenvalue weighted by Gasteiger charge is 2.12. The van der Waals surface area contributed by atoms with Crippen molar-refractivity contribution in [2.24, 2.45) is 0 Å². The van der Waals surface area contributed by atoms with Crippen molar-refractivity contribution in [1.29, 1.82) is 0 Å². The van der Waals surface area contributed by atoms with E-state index in [9.17, 15) is 8.42 Å². The lowest BCUT2D eigenvalue weighted by Crippen LogP contribution is -1.94. The Hall–Kier alpha value is -0.0300. The first kappa shape index (κ1) is 10.1. The van der Waals surface area contributed by atoms with E-state index in [1.54, 1.807) is 0 Å². The third kappa shape index (κ3) is 2.23. The van der Waals surface area contributed by atoms with Crippen molar-refractivity contribution in [2.45, 2.75) is 5.03 Å². The highest BCUT2D eigenvalue weighted by molar-refractivity contribution is 8.13. The van der Waals surface area contributed by atoms with Gasteiger partial charge < -0.3 is 0 Å². The maximum Gasteiger partial charge on any atom is 0.278 e. The molecule has 0 saturated carbocycles. The maximum absolute atomic E-state index is 10.7. The number of pyridine rings is 1. The Balaban J connectivity index is 3.33. The Kier molecular flexibility index (Phi) is 2.83. The molecule has 0 spiro atoms. The predicted molar refractivity (Wildman–Crippen MR) is 47.3 cm³/mol. The Labute approximate surface area is 83.7 Å². The van der Waals surface area contributed by atoms with E-state index in [0.29, 0.717) is 0 Å². The van der Waals surface area contributed by atoms with Gasteiger partial charge in [0.15, 0.2) is 5.03 Å². The number of rotatable bonds is 1. The largest absolute Gasteiger partial charge is 0.278 e. The van der Waals surface area contributed by atoms with Crippen LogP contribution in [0.2, 0.25) is 10.0 Å². The van der Waals surface area contributed by atoms with Crippen LogP contribution in [-0.4, -0.2) is 13.4 Å². The molecule has 0 N–H and O–H groups in total. The molecule has 1 heterocycles. The molecule has 0 saturated heterocycles. The molecule has 0 amide bonds. The van der Waals surface area contributed by atoms with E-state index < -0.39 is 9.05 Å². The molecule has 1 aromatic heterocycles. The van der Waals surface area contributed by atoms with Gasteiger partial charge in [-0.25, -0.2) is 13.4 Å². The third-order valence-electron chi connectivity index (χ3n) is 1.03. The van der Waals surface area contributed by atoms with Gasteiger partial charge >= 0.3 is 0 Å². The van der Waals surface area contributed by atoms with Crippen LogP contribution in [0.4, 0.5) is 0 Å². The summed E-state index contributed by atoms with van der Waals surface area (Å²) in [5, 5.41) is -0.0230. The van der Waals surface area contributed by atoms with E-state index in [-0.39, 0.29) is 15.1 Å². The van der Waals surface area contributed by atoms with Gasteiger partial charge in [-0.2, -0.15) is 0 Å². The summed E-state index contributed by atoms with van der Waals surface area (Å²) < 4.78 is 21.4. The van der Waals surface area contributed by atoms with Gasteiger partial charge in [0.25, 0.3) is 9.05 Å². The zero-order chi connectivity index (χ0) is 9.35. The smallest absolute Gasteiger partial charge is 0.242 e. The van der Waals surface area contributed by atoms with Crippen molar-refractivity contribution in [1.82, 2.24) is 4.98 Å². The zero-order valence-electron chi connectivity index (χ0n) is 5.46. The quantitative estimate of drug-likeness (QED) is 0.715. The van der Waals surface area contributed by atoms with Gasteiger partial charge in [0.05, 0.1) is 10.0 Å². The van der Waals surface area contributed by atoms with Gasteiger partial charge in [-0.15, -0.1) is 0 Å². The zero-order valence-corrected chi connectivity index (χ0v) is 8.54. The van der Waals surface area contributed by atoms with Crippen molar-refractivity contribution < 1.29 is 8.42 Å². The Morgan fingerprint density at radius 3 is 2.25 bits per heavy atom. The molecule has 1 aromatic rings. The highest BCUT2D eigenvalue weighted by Crippen LogP contribution is 2.23. The fourth-order valence-corrected chi connectivity index (χ4v) is 1.54. The van der Waals surface area contributed by atoms with Gasteiger partial charge in [0.2, 0.25) is 0 Å². The minimum absolute atomic E-state index is 0.103. The number of halogens is 3. The van der Waals surface area contributed by atoms with Gasteiger partial charge in [-0.1, -0.05) is 23.2 Å². The molecular weight excluding hydrogens is 244 g/mol. The summed E-state index contributed by atoms with van der Waals surface area (Å²) in [6, 6.07) is 1.09. The molecule has 3 nitrogen and oxygen atoms in total. The van der Waals surface area contributed by atoms with E-state index in [1.165, 1.54) is 0 Å². The van der Waals surface area contributed by atoms with Crippen LogP contribution in [0.3, 0.4) is 0 Å². The summed E-state index contributed by atoms with van der Waals surface area (Å²) in [5.74, 6) is 0. The van der Waals surface area contributed by atoms with Gasteiger partial charge in [0, 0.05) is 16.9 Å². The first-order valence-corrected chi connectivity index (χ1v) is 5.73. The summed E-state index contributed by atoms with van der Waals surface area (Å²) in [6.07, 6.45) is 1.12. The van der Waals surface area contributed by atoms with E-state index in [2.05, 4.69) is 4.98 Å². The normalized spacial score (nSPS) is 11.6. The minimum Gasteiger partial charge on any atom is -0.242 e. The van der Waals surface area contributed by atoms with E-state index in [0.717, 1.165) is 12.3 Å². The average molecular weight is 247 g/mol. The van der Waals surface area contributed by atoms with Crippen molar-refractivity contribution in [2.75, 3.05) is 0 Å². The number of hydrogen-bond donors (Lipinski definition) is 0. The molecule has 0 fully saturated rings. The van der Waals surface area contributed by atoms with Gasteiger partial charge in [-0.05, 0) is 6.07 Å². The molecule has 0 aromatic carbocycles. The Morgan fingerprint density at radius 2 is 1.83 bits per heavy atom. The SMILES string of the molecule is O=S(=O)(Cl)c1cc(Cl)c(Cl)cn1. The summed E-state index contributed by atoms with van der Waals surface area (Å²) >= 11 is 11.0. The molecule has 0 unspecified atom stereocenters. The van der Waals surface area contributed by atoms with Crippen LogP contribution in [0, 0.1) is 0 Å². The molecule has 1 rings (SSSR count). The topological polar surface area (TPSA) is 47.0 Å². The highest BCUT2D eigenvalue weighted by atomic mass is 35.7. The standard InChI is InChI=1S/C5H2Cl3NO2S/c6-3-1-5(12(8,10)11)9-2-4(3)7/h1-2H. The summed E-state index contributed by atoms with van der Waals surface area (Å²) in [6.45, 7) is 0. The lowest BCUT2D eigenvalue weighted by Gasteiger charge is -1.96. The van der Waals surface area contributed by atoms with Crippen molar-refractivity contribution in [3.63, 3.8) is 0 Å². The lowest BCUT2D eigenvalue weighted by molar-refractivity contribution is 0.606. The van der Waals surface area contributed by atoms with Crippen LogP contribution < -0.4 is 0 Å². The molecule has 0 radical (unpaired) electrons. The van der Waals surface area contributed by atoms with Crippen molar-refractivity contribution in [3.05, 3.63) is 22.3 Å². The van der Waals surface area contributed by atoms with Crippen LogP contribution in [0.1, 0.15) is 0 Å². The first-order chi connectivity index (χ1) is 5.41. The van der Waals surface area contributed by atoms with Gasteiger partial charge in [0.1, 0.15) is 0 Å². The van der Waals surface area contributed by atoms with E-state index >= 15 is 0 Å². The lowest BCUT2D eigenvalue weighted by atomic mass is 10.5. The molecule has 7 heteroatoms. The summed E-state index contributed by atoms with van der Waals surface area (Å²) in [4.78, 5) is 3.47. The second-order valence-electron chi connectivity index (χ2n) is 1.87. The number of aromatic nitrogens is 1. The fourth-order valence-electron chi connectivity index (χ4n) is 0.530. The Morgan fingerprint density at radius 1 is 1.25 bits per heavy atom. The molecule has 0 atom stereocenters. The first-order valence-electron chi connectivity index (χ1n) is 2.67. The third-order valence-corrected chi connectivity index (χ3v) is 2.94. The van der Waals surface area contributed by atoms with Crippen LogP contribution in [-0.2, 0) is 9.05 Å². The molecule has 66 valence electrons. The van der Waals surface area contributed by atoms with Crippen LogP contribution in [0.25, 0.3) is 0 Å². The van der Waals surface area contributed by atoms with E-state index in [1.807, 2.05) is 0 Å². The second-order valence-corrected chi connectivity index (χ2v) is 5.20. The Bertz CT molecular complexity index is 403. The minimum atomic E-state index is -3.82. The summed E-state index contributed by atoms with van der Waals surface area (Å²) in [7, 11) is 1.17. The monoisotopic (exact) mass is 245 g/mol. The fraction of sp³-hybridized carbons (Fsp3) is 0. The number of nitrogens with zero attached hydrogens (tertiary/aromatic N) is 1. The molecule has 0 aliphatic carbocycles. The average Bonchev–Trinajstić information content (AvgIpc) is 1.92. The molecule has 0 aliphatic heterocycles. The molecule has 0 aliphatic rings. The second kappa shape index (κ2) is 3.38. The molecule has 0 bridgehead atoms. The van der Waals surface area contributed by atoms with Gasteiger partial charge in [-0.3, -0.25) is 0 Å².